The zero-order valence-corrected chi connectivity index (χ0v) is 19.2. The van der Waals surface area contributed by atoms with E-state index in [4.69, 9.17) is 4.42 Å². The highest BCUT2D eigenvalue weighted by atomic mass is 32.1. The second-order valence-electron chi connectivity index (χ2n) is 8.89. The van der Waals surface area contributed by atoms with Crippen LogP contribution in [-0.2, 0) is 6.54 Å². The Kier molecular flexibility index (Phi) is 5.36. The normalized spacial score (nSPS) is 20.5. The molecule has 0 radical (unpaired) electrons. The topological polar surface area (TPSA) is 45.5 Å². The van der Waals surface area contributed by atoms with Gasteiger partial charge in [0.25, 0.3) is 5.91 Å². The van der Waals surface area contributed by atoms with Crippen molar-refractivity contribution in [1.82, 2.24) is 10.2 Å². The first-order valence-corrected chi connectivity index (χ1v) is 12.5. The number of hydrogen-bond donors (Lipinski definition) is 1. The largest absolute Gasteiger partial charge is 0.468 e. The summed E-state index contributed by atoms with van der Waals surface area (Å²) in [5, 5.41) is 7.72. The molecule has 0 saturated carbocycles. The SMILES string of the molecule is O=C(NCC1=C(c2cccc3ccccc23)C[C@@H]2CC[C@H]1N2Cc1ccco1)c1cccs1. The maximum atomic E-state index is 12.8. The Labute approximate surface area is 197 Å². The standard InChI is InChI=1S/C28H26N2O2S/c31-28(27-11-5-15-33-27)29-17-25-24(23-10-3-7-19-6-1-2-9-22(19)23)16-20-12-13-26(25)30(20)18-21-8-4-14-32-21/h1-11,14-15,20,26H,12-13,16-18H2,(H,29,31)/t20-,26+/m0/s1. The lowest BCUT2D eigenvalue weighted by molar-refractivity contribution is 0.0958. The number of fused-ring (bicyclic) bond motifs is 3. The zero-order chi connectivity index (χ0) is 22.2. The van der Waals surface area contributed by atoms with Gasteiger partial charge in [-0.15, -0.1) is 11.3 Å². The third-order valence-corrected chi connectivity index (χ3v) is 7.96. The van der Waals surface area contributed by atoms with Crippen molar-refractivity contribution in [3.05, 3.63) is 100 Å². The highest BCUT2D eigenvalue weighted by Crippen LogP contribution is 2.44. The van der Waals surface area contributed by atoms with E-state index in [1.54, 1.807) is 6.26 Å². The van der Waals surface area contributed by atoms with Crippen LogP contribution in [0.5, 0.6) is 0 Å². The van der Waals surface area contributed by atoms with Gasteiger partial charge in [-0.1, -0.05) is 48.5 Å². The fraction of sp³-hybridized carbons (Fsp3) is 0.250. The Morgan fingerprint density at radius 1 is 1.03 bits per heavy atom. The van der Waals surface area contributed by atoms with Gasteiger partial charge in [0, 0.05) is 18.6 Å². The summed E-state index contributed by atoms with van der Waals surface area (Å²) in [5.74, 6) is 1.01. The molecule has 2 atom stereocenters. The quantitative estimate of drug-likeness (QED) is 0.382. The second-order valence-corrected chi connectivity index (χ2v) is 9.84. The summed E-state index contributed by atoms with van der Waals surface area (Å²) >= 11 is 1.48. The minimum Gasteiger partial charge on any atom is -0.468 e. The first-order valence-electron chi connectivity index (χ1n) is 11.6. The number of benzene rings is 2. The third-order valence-electron chi connectivity index (χ3n) is 7.09. The van der Waals surface area contributed by atoms with E-state index < -0.39 is 0 Å². The molecule has 0 unspecified atom stereocenters. The van der Waals surface area contributed by atoms with E-state index in [1.807, 2.05) is 23.6 Å². The summed E-state index contributed by atoms with van der Waals surface area (Å²) in [4.78, 5) is 16.1. The molecule has 2 aromatic heterocycles. The number of nitrogens with zero attached hydrogens (tertiary/aromatic N) is 1. The number of amides is 1. The summed E-state index contributed by atoms with van der Waals surface area (Å²) in [6.07, 6.45) is 5.03. The molecule has 4 heterocycles. The van der Waals surface area contributed by atoms with E-state index in [-0.39, 0.29) is 5.91 Å². The van der Waals surface area contributed by atoms with E-state index in [9.17, 15) is 4.79 Å². The lowest BCUT2D eigenvalue weighted by Gasteiger charge is -2.38. The van der Waals surface area contributed by atoms with Gasteiger partial charge >= 0.3 is 0 Å². The molecule has 2 bridgehead atoms. The summed E-state index contributed by atoms with van der Waals surface area (Å²) in [5.41, 5.74) is 4.06. The molecular weight excluding hydrogens is 428 g/mol. The van der Waals surface area contributed by atoms with E-state index >= 15 is 0 Å². The molecule has 1 amide bonds. The molecule has 6 rings (SSSR count). The lowest BCUT2D eigenvalue weighted by Crippen LogP contribution is -2.43. The van der Waals surface area contributed by atoms with Gasteiger partial charge in [-0.2, -0.15) is 0 Å². The van der Waals surface area contributed by atoms with Crippen LogP contribution < -0.4 is 5.32 Å². The zero-order valence-electron chi connectivity index (χ0n) is 18.4. The predicted octanol–water partition coefficient (Wildman–Crippen LogP) is 6.11. The minimum atomic E-state index is 0.00692. The van der Waals surface area contributed by atoms with Gasteiger partial charge in [0.05, 0.1) is 17.7 Å². The summed E-state index contributed by atoms with van der Waals surface area (Å²) in [6.45, 7) is 1.38. The van der Waals surface area contributed by atoms with Crippen LogP contribution in [0.3, 0.4) is 0 Å². The first-order chi connectivity index (χ1) is 16.3. The lowest BCUT2D eigenvalue weighted by atomic mass is 9.86. The number of hydrogen-bond acceptors (Lipinski definition) is 4. The van der Waals surface area contributed by atoms with Crippen LogP contribution in [0, 0.1) is 0 Å². The number of furan rings is 1. The highest BCUT2D eigenvalue weighted by Gasteiger charge is 2.41. The molecule has 4 nitrogen and oxygen atoms in total. The highest BCUT2D eigenvalue weighted by molar-refractivity contribution is 7.12. The molecule has 5 heteroatoms. The average Bonchev–Trinajstić information content (AvgIpc) is 3.61. The number of carbonyl (C=O) groups excluding carboxylic acids is 1. The Balaban J connectivity index is 1.40. The summed E-state index contributed by atoms with van der Waals surface area (Å²) in [7, 11) is 0. The molecule has 33 heavy (non-hydrogen) atoms. The molecule has 1 fully saturated rings. The minimum absolute atomic E-state index is 0.00692. The summed E-state index contributed by atoms with van der Waals surface area (Å²) in [6, 6.07) is 23.8. The van der Waals surface area contributed by atoms with Crippen molar-refractivity contribution in [3.63, 3.8) is 0 Å². The van der Waals surface area contributed by atoms with Gasteiger partial charge in [-0.3, -0.25) is 9.69 Å². The molecule has 4 aromatic rings. The Bertz CT molecular complexity index is 1300. The molecule has 2 aromatic carbocycles. The number of rotatable bonds is 6. The molecule has 0 spiro atoms. The molecule has 0 aliphatic carbocycles. The molecular formula is C28H26N2O2S. The van der Waals surface area contributed by atoms with Crippen LogP contribution in [0.2, 0.25) is 0 Å². The van der Waals surface area contributed by atoms with E-state index in [0.29, 0.717) is 18.6 Å². The maximum absolute atomic E-state index is 12.8. The van der Waals surface area contributed by atoms with Crippen molar-refractivity contribution in [1.29, 1.82) is 0 Å². The van der Waals surface area contributed by atoms with E-state index in [1.165, 1.54) is 45.2 Å². The number of thiophene rings is 1. The van der Waals surface area contributed by atoms with Crippen molar-refractivity contribution in [2.45, 2.75) is 37.9 Å². The van der Waals surface area contributed by atoms with Crippen LogP contribution in [0.15, 0.2) is 88.4 Å². The number of carbonyl (C=O) groups is 1. The predicted molar refractivity (Wildman–Crippen MR) is 133 cm³/mol. The van der Waals surface area contributed by atoms with E-state index in [2.05, 4.69) is 58.7 Å². The monoisotopic (exact) mass is 454 g/mol. The molecule has 2 aliphatic heterocycles. The van der Waals surface area contributed by atoms with Gasteiger partial charge < -0.3 is 9.73 Å². The fourth-order valence-electron chi connectivity index (χ4n) is 5.59. The Morgan fingerprint density at radius 3 is 2.79 bits per heavy atom. The molecule has 1 saturated heterocycles. The molecule has 1 N–H and O–H groups in total. The Morgan fingerprint density at radius 2 is 1.94 bits per heavy atom. The Hall–Kier alpha value is -3.15. The van der Waals surface area contributed by atoms with E-state index in [0.717, 1.165) is 30.0 Å². The second kappa shape index (κ2) is 8.65. The first kappa shape index (κ1) is 20.5. The van der Waals surface area contributed by atoms with Crippen molar-refractivity contribution >= 4 is 33.6 Å². The molecule has 2 aliphatic rings. The number of nitrogens with one attached hydrogen (secondary N) is 1. The van der Waals surface area contributed by atoms with Crippen LogP contribution in [0.25, 0.3) is 16.3 Å². The van der Waals surface area contributed by atoms with Crippen LogP contribution in [0.1, 0.15) is 40.3 Å². The van der Waals surface area contributed by atoms with Gasteiger partial charge in [0.1, 0.15) is 5.76 Å². The van der Waals surface area contributed by atoms with Crippen molar-refractivity contribution in [3.8, 4) is 0 Å². The van der Waals surface area contributed by atoms with Crippen LogP contribution in [0.4, 0.5) is 0 Å². The van der Waals surface area contributed by atoms with Crippen molar-refractivity contribution in [2.24, 2.45) is 0 Å². The average molecular weight is 455 g/mol. The van der Waals surface area contributed by atoms with Crippen LogP contribution >= 0.6 is 11.3 Å². The van der Waals surface area contributed by atoms with Gasteiger partial charge in [-0.25, -0.2) is 0 Å². The summed E-state index contributed by atoms with van der Waals surface area (Å²) < 4.78 is 5.69. The van der Waals surface area contributed by atoms with Gasteiger partial charge in [-0.05, 0) is 70.3 Å². The maximum Gasteiger partial charge on any atom is 0.261 e. The molecule has 166 valence electrons. The smallest absolute Gasteiger partial charge is 0.261 e. The van der Waals surface area contributed by atoms with Crippen molar-refractivity contribution < 1.29 is 9.21 Å². The van der Waals surface area contributed by atoms with Gasteiger partial charge in [0.15, 0.2) is 0 Å². The van der Waals surface area contributed by atoms with Gasteiger partial charge in [0.2, 0.25) is 0 Å². The fourth-order valence-corrected chi connectivity index (χ4v) is 6.23. The third kappa shape index (κ3) is 3.81. The van der Waals surface area contributed by atoms with Crippen molar-refractivity contribution in [2.75, 3.05) is 6.54 Å². The van der Waals surface area contributed by atoms with Crippen LogP contribution in [-0.4, -0.2) is 29.4 Å².